The fourth-order valence-electron chi connectivity index (χ4n) is 2.03. The molecular weight excluding hydrogens is 284 g/mol. The van der Waals surface area contributed by atoms with Gasteiger partial charge in [-0.25, -0.2) is 4.98 Å². The number of nitrogens with one attached hydrogen (secondary N) is 1. The van der Waals surface area contributed by atoms with Gasteiger partial charge in [0.1, 0.15) is 10.7 Å². The van der Waals surface area contributed by atoms with Crippen molar-refractivity contribution in [2.75, 3.05) is 5.32 Å². The fourth-order valence-corrected chi connectivity index (χ4v) is 2.72. The van der Waals surface area contributed by atoms with Crippen LogP contribution in [0.5, 0.6) is 0 Å². The molecule has 0 aliphatic carbocycles. The molecule has 0 saturated carbocycles. The molecule has 0 unspecified atom stereocenters. The maximum absolute atomic E-state index is 12.2. The summed E-state index contributed by atoms with van der Waals surface area (Å²) in [6, 6.07) is 11.7. The number of aromatic nitrogens is 3. The molecule has 0 saturated heterocycles. The van der Waals surface area contributed by atoms with E-state index >= 15 is 0 Å². The van der Waals surface area contributed by atoms with Crippen molar-refractivity contribution in [3.63, 3.8) is 0 Å². The number of anilines is 1. The quantitative estimate of drug-likeness (QED) is 0.808. The molecule has 2 heterocycles. The molecule has 0 aliphatic heterocycles. The summed E-state index contributed by atoms with van der Waals surface area (Å²) in [6.45, 7) is 1.82. The zero-order chi connectivity index (χ0) is 14.8. The van der Waals surface area contributed by atoms with Gasteiger partial charge in [-0.05, 0) is 6.92 Å². The van der Waals surface area contributed by atoms with Crippen molar-refractivity contribution in [2.24, 2.45) is 7.05 Å². The lowest BCUT2D eigenvalue weighted by atomic mass is 10.1. The molecule has 0 radical (unpaired) electrons. The summed E-state index contributed by atoms with van der Waals surface area (Å²) >= 11 is 1.33. The smallest absolute Gasteiger partial charge is 0.268 e. The Labute approximate surface area is 126 Å². The van der Waals surface area contributed by atoms with Crippen LogP contribution < -0.4 is 5.32 Å². The van der Waals surface area contributed by atoms with E-state index in [1.54, 1.807) is 10.2 Å². The summed E-state index contributed by atoms with van der Waals surface area (Å²) in [5.41, 5.74) is 4.25. The van der Waals surface area contributed by atoms with Crippen LogP contribution in [0.1, 0.15) is 15.4 Å². The lowest BCUT2D eigenvalue weighted by Crippen LogP contribution is -2.14. The third-order valence-corrected chi connectivity index (χ3v) is 4.07. The highest BCUT2D eigenvalue weighted by molar-refractivity contribution is 7.12. The molecule has 5 nitrogen and oxygen atoms in total. The largest absolute Gasteiger partial charge is 0.306 e. The molecule has 0 atom stereocenters. The standard InChI is InChI=1S/C15H14N4OS/c1-10-14(21-9-16-10)15(20)17-13-8-12(18-19(13)2)11-6-4-3-5-7-11/h3-9H,1-2H3,(H,17,20). The summed E-state index contributed by atoms with van der Waals surface area (Å²) < 4.78 is 1.66. The summed E-state index contributed by atoms with van der Waals surface area (Å²) in [4.78, 5) is 16.9. The number of rotatable bonds is 3. The molecule has 2 aromatic heterocycles. The van der Waals surface area contributed by atoms with Gasteiger partial charge in [-0.3, -0.25) is 9.48 Å². The third kappa shape index (κ3) is 2.71. The van der Waals surface area contributed by atoms with Crippen molar-refractivity contribution in [3.05, 3.63) is 52.5 Å². The maximum Gasteiger partial charge on any atom is 0.268 e. The zero-order valence-corrected chi connectivity index (χ0v) is 12.5. The Morgan fingerprint density at radius 3 is 2.71 bits per heavy atom. The van der Waals surface area contributed by atoms with Crippen molar-refractivity contribution in [1.82, 2.24) is 14.8 Å². The fraction of sp³-hybridized carbons (Fsp3) is 0.133. The predicted molar refractivity (Wildman–Crippen MR) is 83.4 cm³/mol. The third-order valence-electron chi connectivity index (χ3n) is 3.14. The minimum Gasteiger partial charge on any atom is -0.306 e. The van der Waals surface area contributed by atoms with Gasteiger partial charge in [-0.15, -0.1) is 11.3 Å². The highest BCUT2D eigenvalue weighted by Gasteiger charge is 2.15. The van der Waals surface area contributed by atoms with E-state index in [-0.39, 0.29) is 5.91 Å². The van der Waals surface area contributed by atoms with E-state index < -0.39 is 0 Å². The van der Waals surface area contributed by atoms with Gasteiger partial charge in [0.15, 0.2) is 0 Å². The lowest BCUT2D eigenvalue weighted by molar-refractivity contribution is 0.102. The van der Waals surface area contributed by atoms with E-state index in [1.807, 2.05) is 50.4 Å². The van der Waals surface area contributed by atoms with E-state index in [4.69, 9.17) is 0 Å². The molecule has 0 fully saturated rings. The van der Waals surface area contributed by atoms with Crippen molar-refractivity contribution in [3.8, 4) is 11.3 Å². The molecule has 1 N–H and O–H groups in total. The number of aryl methyl sites for hydroxylation is 2. The number of amides is 1. The summed E-state index contributed by atoms with van der Waals surface area (Å²) in [5.74, 6) is 0.504. The van der Waals surface area contributed by atoms with Crippen LogP contribution in [0.15, 0.2) is 41.9 Å². The van der Waals surface area contributed by atoms with Crippen LogP contribution in [-0.4, -0.2) is 20.7 Å². The summed E-state index contributed by atoms with van der Waals surface area (Å²) in [7, 11) is 1.81. The highest BCUT2D eigenvalue weighted by Crippen LogP contribution is 2.22. The molecule has 3 rings (SSSR count). The number of carbonyl (C=O) groups excluding carboxylic acids is 1. The first-order valence-corrected chi connectivity index (χ1v) is 7.34. The normalized spacial score (nSPS) is 10.6. The van der Waals surface area contributed by atoms with Crippen LogP contribution in [0, 0.1) is 6.92 Å². The van der Waals surface area contributed by atoms with Crippen LogP contribution in [0.25, 0.3) is 11.3 Å². The molecule has 6 heteroatoms. The minimum absolute atomic E-state index is 0.155. The number of thiazole rings is 1. The van der Waals surface area contributed by atoms with Crippen molar-refractivity contribution in [1.29, 1.82) is 0 Å². The number of nitrogens with zero attached hydrogens (tertiary/aromatic N) is 3. The Hall–Kier alpha value is -2.47. The second-order valence-electron chi connectivity index (χ2n) is 4.63. The van der Waals surface area contributed by atoms with Gasteiger partial charge < -0.3 is 5.32 Å². The average molecular weight is 298 g/mol. The van der Waals surface area contributed by atoms with Gasteiger partial charge in [-0.1, -0.05) is 30.3 Å². The topological polar surface area (TPSA) is 59.8 Å². The van der Waals surface area contributed by atoms with Gasteiger partial charge in [-0.2, -0.15) is 5.10 Å². The molecule has 1 aromatic carbocycles. The summed E-state index contributed by atoms with van der Waals surface area (Å²) in [6.07, 6.45) is 0. The van der Waals surface area contributed by atoms with Gasteiger partial charge in [0, 0.05) is 18.7 Å². The number of benzene rings is 1. The monoisotopic (exact) mass is 298 g/mol. The van der Waals surface area contributed by atoms with Crippen LogP contribution in [0.3, 0.4) is 0 Å². The first-order valence-electron chi connectivity index (χ1n) is 6.46. The Bertz CT molecular complexity index is 776. The van der Waals surface area contributed by atoms with Crippen LogP contribution >= 0.6 is 11.3 Å². The van der Waals surface area contributed by atoms with Crippen molar-refractivity contribution in [2.45, 2.75) is 6.92 Å². The minimum atomic E-state index is -0.155. The zero-order valence-electron chi connectivity index (χ0n) is 11.7. The lowest BCUT2D eigenvalue weighted by Gasteiger charge is -2.03. The highest BCUT2D eigenvalue weighted by atomic mass is 32.1. The van der Waals surface area contributed by atoms with Gasteiger partial charge >= 0.3 is 0 Å². The molecular formula is C15H14N4OS. The van der Waals surface area contributed by atoms with Gasteiger partial charge in [0.25, 0.3) is 5.91 Å². The summed E-state index contributed by atoms with van der Waals surface area (Å²) in [5, 5.41) is 7.30. The van der Waals surface area contributed by atoms with Crippen LogP contribution in [0.2, 0.25) is 0 Å². The van der Waals surface area contributed by atoms with E-state index in [9.17, 15) is 4.79 Å². The van der Waals surface area contributed by atoms with Gasteiger partial charge in [0.05, 0.1) is 16.9 Å². The molecule has 0 spiro atoms. The Kier molecular flexibility index (Phi) is 3.53. The van der Waals surface area contributed by atoms with Crippen LogP contribution in [-0.2, 0) is 7.05 Å². The molecule has 1 amide bonds. The Balaban J connectivity index is 1.86. The second-order valence-corrected chi connectivity index (χ2v) is 5.48. The van der Waals surface area contributed by atoms with E-state index in [0.29, 0.717) is 10.7 Å². The number of hydrogen-bond acceptors (Lipinski definition) is 4. The number of hydrogen-bond donors (Lipinski definition) is 1. The van der Waals surface area contributed by atoms with Gasteiger partial charge in [0.2, 0.25) is 0 Å². The number of carbonyl (C=O) groups is 1. The Morgan fingerprint density at radius 2 is 2.05 bits per heavy atom. The van der Waals surface area contributed by atoms with Crippen molar-refractivity contribution >= 4 is 23.1 Å². The maximum atomic E-state index is 12.2. The van der Waals surface area contributed by atoms with E-state index in [2.05, 4.69) is 15.4 Å². The molecule has 3 aromatic rings. The molecule has 21 heavy (non-hydrogen) atoms. The van der Waals surface area contributed by atoms with E-state index in [0.717, 1.165) is 17.0 Å². The van der Waals surface area contributed by atoms with Crippen LogP contribution in [0.4, 0.5) is 5.82 Å². The first-order chi connectivity index (χ1) is 10.1. The predicted octanol–water partition coefficient (Wildman–Crippen LogP) is 3.10. The van der Waals surface area contributed by atoms with Crippen molar-refractivity contribution < 1.29 is 4.79 Å². The van der Waals surface area contributed by atoms with E-state index in [1.165, 1.54) is 11.3 Å². The second kappa shape index (κ2) is 5.49. The average Bonchev–Trinajstić information content (AvgIpc) is 3.07. The SMILES string of the molecule is Cc1ncsc1C(=O)Nc1cc(-c2ccccc2)nn1C. The Morgan fingerprint density at radius 1 is 1.29 bits per heavy atom. The molecule has 106 valence electrons. The first kappa shape index (κ1) is 13.5. The molecule has 0 aliphatic rings. The molecule has 0 bridgehead atoms.